The number of hydrogen-bond acceptors (Lipinski definition) is 4. The van der Waals surface area contributed by atoms with Crippen molar-refractivity contribution in [3.8, 4) is 0 Å². The number of rotatable bonds is 2. The predicted octanol–water partition coefficient (Wildman–Crippen LogP) is 3.10. The first-order valence-electron chi connectivity index (χ1n) is 6.16. The molecule has 21 heavy (non-hydrogen) atoms. The fourth-order valence-corrected chi connectivity index (χ4v) is 2.46. The van der Waals surface area contributed by atoms with Crippen LogP contribution in [0, 0.1) is 10.1 Å². The molecule has 0 aliphatic carbocycles. The van der Waals surface area contributed by atoms with Crippen LogP contribution < -0.4 is 10.6 Å². The van der Waals surface area contributed by atoms with Crippen molar-refractivity contribution in [3.63, 3.8) is 0 Å². The van der Waals surface area contributed by atoms with Gasteiger partial charge in [-0.05, 0) is 18.2 Å². The van der Waals surface area contributed by atoms with Crippen LogP contribution in [0.15, 0.2) is 42.5 Å². The first kappa shape index (κ1) is 13.4. The average Bonchev–Trinajstić information content (AvgIpc) is 2.47. The Balaban J connectivity index is 2.01. The number of non-ortho nitro benzene ring substituents is 1. The Bertz CT molecular complexity index is 748. The van der Waals surface area contributed by atoms with Gasteiger partial charge in [0, 0.05) is 28.4 Å². The monoisotopic (exact) mass is 303 g/mol. The van der Waals surface area contributed by atoms with Crippen LogP contribution in [0.25, 0.3) is 0 Å². The van der Waals surface area contributed by atoms with Crippen LogP contribution >= 0.6 is 11.6 Å². The molecule has 106 valence electrons. The highest BCUT2D eigenvalue weighted by Crippen LogP contribution is 2.32. The van der Waals surface area contributed by atoms with Gasteiger partial charge < -0.3 is 10.6 Å². The standard InChI is InChI=1S/C14H10ClN3O3/c15-11-6-5-8(18(20)21)7-10(11)13-16-12-4-2-1-3-9(12)14(19)17-13/h1-7,13,16H,(H,17,19)/t13-/m0/s1. The number of amides is 1. The van der Waals surface area contributed by atoms with Gasteiger partial charge in [0.1, 0.15) is 6.17 Å². The maximum Gasteiger partial charge on any atom is 0.269 e. The van der Waals surface area contributed by atoms with Crippen LogP contribution in [0.1, 0.15) is 22.1 Å². The van der Waals surface area contributed by atoms with Gasteiger partial charge in [-0.25, -0.2) is 0 Å². The molecule has 7 heteroatoms. The van der Waals surface area contributed by atoms with E-state index in [4.69, 9.17) is 11.6 Å². The fourth-order valence-electron chi connectivity index (χ4n) is 2.23. The first-order chi connectivity index (χ1) is 10.1. The van der Waals surface area contributed by atoms with E-state index in [1.807, 2.05) is 0 Å². The lowest BCUT2D eigenvalue weighted by atomic mass is 10.1. The highest BCUT2D eigenvalue weighted by Gasteiger charge is 2.26. The van der Waals surface area contributed by atoms with E-state index < -0.39 is 11.1 Å². The minimum Gasteiger partial charge on any atom is -0.361 e. The van der Waals surface area contributed by atoms with Gasteiger partial charge in [-0.15, -0.1) is 0 Å². The molecule has 0 radical (unpaired) electrons. The van der Waals surface area contributed by atoms with Gasteiger partial charge in [0.2, 0.25) is 0 Å². The van der Waals surface area contributed by atoms with Gasteiger partial charge >= 0.3 is 0 Å². The molecule has 0 bridgehead atoms. The highest BCUT2D eigenvalue weighted by molar-refractivity contribution is 6.31. The van der Waals surface area contributed by atoms with Gasteiger partial charge in [-0.2, -0.15) is 0 Å². The molecule has 1 aliphatic rings. The Kier molecular flexibility index (Phi) is 3.23. The smallest absolute Gasteiger partial charge is 0.269 e. The zero-order valence-electron chi connectivity index (χ0n) is 10.7. The van der Waals surface area contributed by atoms with Crippen LogP contribution in [0.4, 0.5) is 11.4 Å². The van der Waals surface area contributed by atoms with Gasteiger partial charge in [0.25, 0.3) is 11.6 Å². The molecule has 2 aromatic rings. The summed E-state index contributed by atoms with van der Waals surface area (Å²) in [6.45, 7) is 0. The number of carbonyl (C=O) groups is 1. The van der Waals surface area contributed by atoms with Gasteiger partial charge in [-0.3, -0.25) is 14.9 Å². The second-order valence-electron chi connectivity index (χ2n) is 4.56. The summed E-state index contributed by atoms with van der Waals surface area (Å²) in [7, 11) is 0. The van der Waals surface area contributed by atoms with E-state index in [-0.39, 0.29) is 11.6 Å². The minimum atomic E-state index is -0.611. The molecule has 1 amide bonds. The highest BCUT2D eigenvalue weighted by atomic mass is 35.5. The van der Waals surface area contributed by atoms with Crippen molar-refractivity contribution >= 4 is 28.9 Å². The summed E-state index contributed by atoms with van der Waals surface area (Å²) >= 11 is 6.10. The van der Waals surface area contributed by atoms with Crippen molar-refractivity contribution in [1.82, 2.24) is 5.32 Å². The normalized spacial score (nSPS) is 16.6. The predicted molar refractivity (Wildman–Crippen MR) is 78.4 cm³/mol. The van der Waals surface area contributed by atoms with E-state index in [1.54, 1.807) is 24.3 Å². The number of anilines is 1. The zero-order chi connectivity index (χ0) is 15.0. The van der Waals surface area contributed by atoms with Crippen LogP contribution in [-0.2, 0) is 0 Å². The second-order valence-corrected chi connectivity index (χ2v) is 4.97. The molecule has 0 fully saturated rings. The number of nitro benzene ring substituents is 1. The van der Waals surface area contributed by atoms with Crippen LogP contribution in [-0.4, -0.2) is 10.8 Å². The molecule has 1 heterocycles. The summed E-state index contributed by atoms with van der Waals surface area (Å²) in [5.41, 5.74) is 1.56. The zero-order valence-corrected chi connectivity index (χ0v) is 11.4. The Morgan fingerprint density at radius 1 is 1.14 bits per heavy atom. The van der Waals surface area contributed by atoms with Crippen molar-refractivity contribution in [1.29, 1.82) is 0 Å². The van der Waals surface area contributed by atoms with E-state index in [9.17, 15) is 14.9 Å². The van der Waals surface area contributed by atoms with Gasteiger partial charge in [-0.1, -0.05) is 23.7 Å². The SMILES string of the molecule is O=C1N[C@@H](c2cc([N+](=O)[O-])ccc2Cl)Nc2ccccc21. The van der Waals surface area contributed by atoms with Gasteiger partial charge in [0.05, 0.1) is 10.5 Å². The van der Waals surface area contributed by atoms with E-state index >= 15 is 0 Å². The molecule has 2 N–H and O–H groups in total. The number of nitrogens with zero attached hydrogens (tertiary/aromatic N) is 1. The molecule has 0 saturated heterocycles. The minimum absolute atomic E-state index is 0.0793. The van der Waals surface area contributed by atoms with Crippen molar-refractivity contribution in [2.45, 2.75) is 6.17 Å². The third-order valence-electron chi connectivity index (χ3n) is 3.25. The van der Waals surface area contributed by atoms with Crippen LogP contribution in [0.3, 0.4) is 0 Å². The van der Waals surface area contributed by atoms with Crippen molar-refractivity contribution in [3.05, 3.63) is 68.7 Å². The van der Waals surface area contributed by atoms with E-state index in [2.05, 4.69) is 10.6 Å². The van der Waals surface area contributed by atoms with Crippen LogP contribution in [0.2, 0.25) is 5.02 Å². The maximum absolute atomic E-state index is 12.1. The molecule has 6 nitrogen and oxygen atoms in total. The molecule has 2 aromatic carbocycles. The Morgan fingerprint density at radius 3 is 2.67 bits per heavy atom. The second kappa shape index (κ2) is 5.06. The number of para-hydroxylation sites is 1. The fraction of sp³-hybridized carbons (Fsp3) is 0.0714. The number of nitrogens with one attached hydrogen (secondary N) is 2. The molecule has 0 unspecified atom stereocenters. The summed E-state index contributed by atoms with van der Waals surface area (Å²) < 4.78 is 0. The summed E-state index contributed by atoms with van der Waals surface area (Å²) in [6, 6.07) is 11.2. The molecule has 1 aliphatic heterocycles. The van der Waals surface area contributed by atoms with Crippen molar-refractivity contribution in [2.75, 3.05) is 5.32 Å². The first-order valence-corrected chi connectivity index (χ1v) is 6.54. The van der Waals surface area contributed by atoms with Gasteiger partial charge in [0.15, 0.2) is 0 Å². The summed E-state index contributed by atoms with van der Waals surface area (Å²) in [5.74, 6) is -0.253. The Hall–Kier alpha value is -2.60. The topological polar surface area (TPSA) is 84.3 Å². The molecule has 0 aromatic heterocycles. The summed E-state index contributed by atoms with van der Waals surface area (Å²) in [5, 5.41) is 17.1. The molecule has 1 atom stereocenters. The van der Waals surface area contributed by atoms with Crippen LogP contribution in [0.5, 0.6) is 0 Å². The Labute approximate surface area is 124 Å². The van der Waals surface area contributed by atoms with E-state index in [1.165, 1.54) is 18.2 Å². The number of halogens is 1. The van der Waals surface area contributed by atoms with Crippen molar-refractivity contribution in [2.24, 2.45) is 0 Å². The third-order valence-corrected chi connectivity index (χ3v) is 3.59. The third kappa shape index (κ3) is 2.41. The molecule has 0 spiro atoms. The summed E-state index contributed by atoms with van der Waals surface area (Å²) in [4.78, 5) is 22.4. The number of hydrogen-bond donors (Lipinski definition) is 2. The Morgan fingerprint density at radius 2 is 1.90 bits per heavy atom. The molecule has 0 saturated carbocycles. The lowest BCUT2D eigenvalue weighted by Crippen LogP contribution is -2.38. The van der Waals surface area contributed by atoms with E-state index in [0.29, 0.717) is 21.8 Å². The largest absolute Gasteiger partial charge is 0.361 e. The number of carbonyl (C=O) groups excluding carboxylic acids is 1. The molecular formula is C14H10ClN3O3. The van der Waals surface area contributed by atoms with E-state index in [0.717, 1.165) is 0 Å². The molecular weight excluding hydrogens is 294 g/mol. The lowest BCUT2D eigenvalue weighted by molar-refractivity contribution is -0.384. The summed E-state index contributed by atoms with van der Waals surface area (Å²) in [6.07, 6.45) is -0.611. The average molecular weight is 304 g/mol. The quantitative estimate of drug-likeness (QED) is 0.659. The number of nitro groups is 1. The number of benzene rings is 2. The molecule has 3 rings (SSSR count). The van der Waals surface area contributed by atoms with Crippen molar-refractivity contribution < 1.29 is 9.72 Å². The maximum atomic E-state index is 12.1. The lowest BCUT2D eigenvalue weighted by Gasteiger charge is -2.28. The number of fused-ring (bicyclic) bond motifs is 1.